The number of nitrogens with zero attached hydrogens (tertiary/aromatic N) is 2. The lowest BCUT2D eigenvalue weighted by Crippen LogP contribution is -2.32. The van der Waals surface area contributed by atoms with E-state index in [2.05, 4.69) is 5.32 Å². The lowest BCUT2D eigenvalue weighted by molar-refractivity contribution is -0.384. The zero-order valence-corrected chi connectivity index (χ0v) is 17.4. The fourth-order valence-corrected chi connectivity index (χ4v) is 2.75. The molecule has 2 aromatic carbocycles. The number of amides is 1. The monoisotopic (exact) mass is 415 g/mol. The van der Waals surface area contributed by atoms with Crippen LogP contribution in [0.3, 0.4) is 0 Å². The number of nitro benzene ring substituents is 1. The molecule has 0 fully saturated rings. The molecule has 0 heterocycles. The Morgan fingerprint density at radius 2 is 1.87 bits per heavy atom. The second-order valence-electron chi connectivity index (χ2n) is 6.90. The molecular formula is C21H25N3O6. The molecule has 0 aliphatic heterocycles. The van der Waals surface area contributed by atoms with Crippen molar-refractivity contribution in [2.75, 3.05) is 38.8 Å². The van der Waals surface area contributed by atoms with Crippen LogP contribution in [0.15, 0.2) is 36.4 Å². The van der Waals surface area contributed by atoms with Gasteiger partial charge in [-0.05, 0) is 37.6 Å². The van der Waals surface area contributed by atoms with Gasteiger partial charge in [0.15, 0.2) is 6.61 Å². The molecule has 0 bridgehead atoms. The van der Waals surface area contributed by atoms with E-state index in [-0.39, 0.29) is 24.4 Å². The number of anilines is 1. The third-order valence-corrected chi connectivity index (χ3v) is 4.24. The SMILES string of the molecule is Cc1ccc(OCCNC(=O)COC(=O)c2ccc(N(C)C)c([N+](=O)[O-])c2)c(C)c1. The molecule has 160 valence electrons. The molecule has 0 radical (unpaired) electrons. The van der Waals surface area contributed by atoms with Gasteiger partial charge in [0.05, 0.1) is 17.0 Å². The maximum Gasteiger partial charge on any atom is 0.338 e. The van der Waals surface area contributed by atoms with Gasteiger partial charge >= 0.3 is 5.97 Å². The number of hydrogen-bond donors (Lipinski definition) is 1. The van der Waals surface area contributed by atoms with Crippen molar-refractivity contribution in [3.63, 3.8) is 0 Å². The average Bonchev–Trinajstić information content (AvgIpc) is 2.70. The summed E-state index contributed by atoms with van der Waals surface area (Å²) in [5.74, 6) is -0.568. The summed E-state index contributed by atoms with van der Waals surface area (Å²) in [5, 5.41) is 13.8. The van der Waals surface area contributed by atoms with Gasteiger partial charge < -0.3 is 19.7 Å². The van der Waals surface area contributed by atoms with Crippen LogP contribution >= 0.6 is 0 Å². The summed E-state index contributed by atoms with van der Waals surface area (Å²) < 4.78 is 10.6. The second kappa shape index (κ2) is 10.2. The van der Waals surface area contributed by atoms with Gasteiger partial charge in [0.25, 0.3) is 11.6 Å². The predicted molar refractivity (Wildman–Crippen MR) is 112 cm³/mol. The van der Waals surface area contributed by atoms with E-state index in [9.17, 15) is 19.7 Å². The Labute approximate surface area is 174 Å². The Bertz CT molecular complexity index is 942. The van der Waals surface area contributed by atoms with Crippen LogP contribution in [0.2, 0.25) is 0 Å². The highest BCUT2D eigenvalue weighted by Crippen LogP contribution is 2.27. The van der Waals surface area contributed by atoms with Crippen molar-refractivity contribution in [1.82, 2.24) is 5.32 Å². The Morgan fingerprint density at radius 3 is 2.50 bits per heavy atom. The number of carbonyl (C=O) groups is 2. The van der Waals surface area contributed by atoms with E-state index in [1.807, 2.05) is 32.0 Å². The van der Waals surface area contributed by atoms with Crippen LogP contribution in [0.1, 0.15) is 21.5 Å². The molecule has 0 atom stereocenters. The number of nitro groups is 1. The molecule has 0 unspecified atom stereocenters. The van der Waals surface area contributed by atoms with Crippen LogP contribution in [-0.2, 0) is 9.53 Å². The van der Waals surface area contributed by atoms with Crippen LogP contribution in [0.5, 0.6) is 5.75 Å². The summed E-state index contributed by atoms with van der Waals surface area (Å²) in [4.78, 5) is 36.2. The molecule has 0 saturated heterocycles. The summed E-state index contributed by atoms with van der Waals surface area (Å²) >= 11 is 0. The van der Waals surface area contributed by atoms with Crippen molar-refractivity contribution in [2.45, 2.75) is 13.8 Å². The van der Waals surface area contributed by atoms with Crippen molar-refractivity contribution in [2.24, 2.45) is 0 Å². The van der Waals surface area contributed by atoms with E-state index >= 15 is 0 Å². The van der Waals surface area contributed by atoms with Crippen molar-refractivity contribution in [1.29, 1.82) is 0 Å². The molecule has 1 amide bonds. The lowest BCUT2D eigenvalue weighted by Gasteiger charge is -2.13. The third-order valence-electron chi connectivity index (χ3n) is 4.24. The predicted octanol–water partition coefficient (Wildman–Crippen LogP) is 2.63. The topological polar surface area (TPSA) is 111 Å². The maximum atomic E-state index is 12.1. The number of benzene rings is 2. The Morgan fingerprint density at radius 1 is 1.13 bits per heavy atom. The van der Waals surface area contributed by atoms with Gasteiger partial charge in [-0.25, -0.2) is 4.79 Å². The minimum absolute atomic E-state index is 0.00159. The first-order valence-electron chi connectivity index (χ1n) is 9.28. The number of esters is 1. The zero-order valence-electron chi connectivity index (χ0n) is 17.4. The van der Waals surface area contributed by atoms with Gasteiger partial charge in [-0.1, -0.05) is 17.7 Å². The molecule has 30 heavy (non-hydrogen) atoms. The highest BCUT2D eigenvalue weighted by molar-refractivity contribution is 5.93. The van der Waals surface area contributed by atoms with Crippen LogP contribution in [0.25, 0.3) is 0 Å². The highest BCUT2D eigenvalue weighted by atomic mass is 16.6. The molecule has 0 aliphatic carbocycles. The Hall–Kier alpha value is -3.62. The van der Waals surface area contributed by atoms with Gasteiger partial charge in [-0.2, -0.15) is 0 Å². The lowest BCUT2D eigenvalue weighted by atomic mass is 10.1. The highest BCUT2D eigenvalue weighted by Gasteiger charge is 2.20. The summed E-state index contributed by atoms with van der Waals surface area (Å²) in [5.41, 5.74) is 2.28. The molecule has 0 aliphatic rings. The Kier molecular flexibility index (Phi) is 7.74. The molecule has 2 rings (SSSR count). The van der Waals surface area contributed by atoms with Gasteiger partial charge in [0.1, 0.15) is 18.0 Å². The van der Waals surface area contributed by atoms with Gasteiger partial charge in [0, 0.05) is 20.2 Å². The van der Waals surface area contributed by atoms with Crippen molar-refractivity contribution in [3.05, 3.63) is 63.2 Å². The maximum absolute atomic E-state index is 12.1. The smallest absolute Gasteiger partial charge is 0.338 e. The molecule has 1 N–H and O–H groups in total. The number of carbonyl (C=O) groups excluding carboxylic acids is 2. The number of ether oxygens (including phenoxy) is 2. The minimum atomic E-state index is -0.815. The average molecular weight is 415 g/mol. The van der Waals surface area contributed by atoms with E-state index in [1.165, 1.54) is 12.1 Å². The summed E-state index contributed by atoms with van der Waals surface area (Å²) in [7, 11) is 3.32. The standard InChI is InChI=1S/C21H25N3O6/c1-14-5-8-19(15(2)11-14)29-10-9-22-20(25)13-30-21(26)16-6-7-17(23(3)4)18(12-16)24(27)28/h5-8,11-12H,9-10,13H2,1-4H3,(H,22,25). The normalized spacial score (nSPS) is 10.3. The van der Waals surface area contributed by atoms with Crippen molar-refractivity contribution in [3.8, 4) is 5.75 Å². The molecular weight excluding hydrogens is 390 g/mol. The summed E-state index contributed by atoms with van der Waals surface area (Å²) in [6.07, 6.45) is 0. The van der Waals surface area contributed by atoms with Crippen molar-refractivity contribution < 1.29 is 24.0 Å². The number of aryl methyl sites for hydroxylation is 2. The minimum Gasteiger partial charge on any atom is -0.491 e. The fraction of sp³-hybridized carbons (Fsp3) is 0.333. The largest absolute Gasteiger partial charge is 0.491 e. The fourth-order valence-electron chi connectivity index (χ4n) is 2.75. The number of hydrogen-bond acceptors (Lipinski definition) is 7. The Balaban J connectivity index is 1.81. The van der Waals surface area contributed by atoms with E-state index in [1.54, 1.807) is 19.0 Å². The van der Waals surface area contributed by atoms with E-state index < -0.39 is 23.4 Å². The van der Waals surface area contributed by atoms with Crippen LogP contribution < -0.4 is 15.0 Å². The first-order chi connectivity index (χ1) is 14.2. The van der Waals surface area contributed by atoms with E-state index in [0.29, 0.717) is 5.69 Å². The molecule has 0 spiro atoms. The quantitative estimate of drug-likeness (QED) is 0.290. The molecule has 0 saturated carbocycles. The number of rotatable bonds is 9. The van der Waals surface area contributed by atoms with E-state index in [4.69, 9.17) is 9.47 Å². The second-order valence-corrected chi connectivity index (χ2v) is 6.90. The van der Waals surface area contributed by atoms with Gasteiger partial charge in [-0.3, -0.25) is 14.9 Å². The van der Waals surface area contributed by atoms with E-state index in [0.717, 1.165) is 22.9 Å². The van der Waals surface area contributed by atoms with Crippen LogP contribution in [-0.4, -0.2) is 50.7 Å². The van der Waals surface area contributed by atoms with Crippen molar-refractivity contribution >= 4 is 23.3 Å². The molecule has 0 aromatic heterocycles. The first kappa shape index (κ1) is 22.7. The van der Waals surface area contributed by atoms with Gasteiger partial charge in [0.2, 0.25) is 0 Å². The first-order valence-corrected chi connectivity index (χ1v) is 9.28. The third kappa shape index (κ3) is 6.20. The van der Waals surface area contributed by atoms with Gasteiger partial charge in [-0.15, -0.1) is 0 Å². The summed E-state index contributed by atoms with van der Waals surface area (Å²) in [6.45, 7) is 3.95. The van der Waals surface area contributed by atoms with Crippen LogP contribution in [0, 0.1) is 24.0 Å². The molecule has 9 heteroatoms. The zero-order chi connectivity index (χ0) is 22.3. The number of nitrogens with one attached hydrogen (secondary N) is 1. The summed E-state index contributed by atoms with van der Waals surface area (Å²) in [6, 6.07) is 9.82. The molecule has 9 nitrogen and oxygen atoms in total. The molecule has 2 aromatic rings. The van der Waals surface area contributed by atoms with Crippen LogP contribution in [0.4, 0.5) is 11.4 Å².